The fourth-order valence-electron chi connectivity index (χ4n) is 4.16. The minimum atomic E-state index is -0.0129. The van der Waals surface area contributed by atoms with Gasteiger partial charge < -0.3 is 5.11 Å². The maximum atomic E-state index is 9.58. The molecular weight excluding hydrogens is 224 g/mol. The van der Waals surface area contributed by atoms with E-state index in [0.29, 0.717) is 0 Å². The monoisotopic (exact) mass is 252 g/mol. The number of rotatable bonds is 2. The van der Waals surface area contributed by atoms with E-state index in [2.05, 4.69) is 9.80 Å². The third-order valence-corrected chi connectivity index (χ3v) is 5.37. The number of hydrogen-bond acceptors (Lipinski definition) is 3. The van der Waals surface area contributed by atoms with E-state index in [1.165, 1.54) is 64.7 Å². The molecule has 0 atom stereocenters. The second-order valence-corrected chi connectivity index (χ2v) is 6.47. The highest BCUT2D eigenvalue weighted by atomic mass is 16.3. The number of nitrogens with zero attached hydrogens (tertiary/aromatic N) is 2. The standard InChI is InChI=1S/C15H28N2O/c18-15-7-5-14(6-8-15)17-11-9-16(10-12-17)13-3-1-2-4-13/h13-15,18H,1-12H2. The van der Waals surface area contributed by atoms with Crippen LogP contribution < -0.4 is 0 Å². The van der Waals surface area contributed by atoms with Crippen molar-refractivity contribution in [1.82, 2.24) is 9.80 Å². The predicted octanol–water partition coefficient (Wildman–Crippen LogP) is 1.85. The minimum absolute atomic E-state index is 0.0129. The Labute approximate surface area is 111 Å². The molecule has 3 rings (SSSR count). The first-order valence-corrected chi connectivity index (χ1v) is 7.99. The molecule has 3 nitrogen and oxygen atoms in total. The maximum Gasteiger partial charge on any atom is 0.0541 e. The molecule has 3 heteroatoms. The van der Waals surface area contributed by atoms with Crippen molar-refractivity contribution in [2.45, 2.75) is 69.6 Å². The second kappa shape index (κ2) is 5.89. The van der Waals surface area contributed by atoms with Crippen molar-refractivity contribution in [2.75, 3.05) is 26.2 Å². The van der Waals surface area contributed by atoms with Gasteiger partial charge in [0, 0.05) is 38.3 Å². The molecule has 2 saturated carbocycles. The zero-order valence-corrected chi connectivity index (χ0v) is 11.6. The summed E-state index contributed by atoms with van der Waals surface area (Å²) in [4.78, 5) is 5.43. The number of aliphatic hydroxyl groups excluding tert-OH is 1. The maximum absolute atomic E-state index is 9.58. The Kier molecular flexibility index (Phi) is 4.22. The molecule has 3 aliphatic rings. The van der Waals surface area contributed by atoms with Gasteiger partial charge in [-0.1, -0.05) is 12.8 Å². The highest BCUT2D eigenvalue weighted by Crippen LogP contribution is 2.27. The Morgan fingerprint density at radius 3 is 1.56 bits per heavy atom. The first-order valence-electron chi connectivity index (χ1n) is 7.99. The van der Waals surface area contributed by atoms with Crippen molar-refractivity contribution < 1.29 is 5.11 Å². The fourth-order valence-corrected chi connectivity index (χ4v) is 4.16. The van der Waals surface area contributed by atoms with Gasteiger partial charge in [0.1, 0.15) is 0 Å². The lowest BCUT2D eigenvalue weighted by Gasteiger charge is -2.43. The van der Waals surface area contributed by atoms with Crippen LogP contribution in [-0.4, -0.2) is 59.3 Å². The van der Waals surface area contributed by atoms with E-state index in [-0.39, 0.29) is 6.10 Å². The van der Waals surface area contributed by atoms with E-state index in [9.17, 15) is 5.11 Å². The highest BCUT2D eigenvalue weighted by Gasteiger charge is 2.30. The smallest absolute Gasteiger partial charge is 0.0541 e. The summed E-state index contributed by atoms with van der Waals surface area (Å²) in [5, 5.41) is 9.58. The van der Waals surface area contributed by atoms with Crippen LogP contribution >= 0.6 is 0 Å². The molecule has 1 aliphatic heterocycles. The summed E-state index contributed by atoms with van der Waals surface area (Å²) in [5.41, 5.74) is 0. The largest absolute Gasteiger partial charge is 0.393 e. The molecule has 104 valence electrons. The van der Waals surface area contributed by atoms with Crippen LogP contribution in [-0.2, 0) is 0 Å². The molecule has 0 unspecified atom stereocenters. The van der Waals surface area contributed by atoms with Gasteiger partial charge in [0.05, 0.1) is 6.10 Å². The van der Waals surface area contributed by atoms with Gasteiger partial charge in [-0.15, -0.1) is 0 Å². The third kappa shape index (κ3) is 2.89. The quantitative estimate of drug-likeness (QED) is 0.812. The van der Waals surface area contributed by atoms with Crippen LogP contribution in [0, 0.1) is 0 Å². The van der Waals surface area contributed by atoms with Gasteiger partial charge in [-0.3, -0.25) is 9.80 Å². The van der Waals surface area contributed by atoms with E-state index >= 15 is 0 Å². The average Bonchev–Trinajstić information content (AvgIpc) is 2.94. The van der Waals surface area contributed by atoms with Crippen LogP contribution in [0.2, 0.25) is 0 Å². The molecule has 0 amide bonds. The van der Waals surface area contributed by atoms with Crippen molar-refractivity contribution in [3.63, 3.8) is 0 Å². The number of hydrogen-bond donors (Lipinski definition) is 1. The lowest BCUT2D eigenvalue weighted by molar-refractivity contribution is 0.0329. The van der Waals surface area contributed by atoms with Crippen molar-refractivity contribution >= 4 is 0 Å². The molecule has 0 aromatic carbocycles. The van der Waals surface area contributed by atoms with Crippen molar-refractivity contribution in [1.29, 1.82) is 0 Å². The summed E-state index contributed by atoms with van der Waals surface area (Å²) in [6.45, 7) is 5.09. The van der Waals surface area contributed by atoms with Gasteiger partial charge in [-0.2, -0.15) is 0 Å². The fraction of sp³-hybridized carbons (Fsp3) is 1.00. The second-order valence-electron chi connectivity index (χ2n) is 6.47. The molecule has 1 heterocycles. The normalized spacial score (nSPS) is 37.2. The van der Waals surface area contributed by atoms with Crippen LogP contribution in [0.1, 0.15) is 51.4 Å². The molecule has 18 heavy (non-hydrogen) atoms. The van der Waals surface area contributed by atoms with Crippen LogP contribution in [0.3, 0.4) is 0 Å². The van der Waals surface area contributed by atoms with Crippen LogP contribution in [0.25, 0.3) is 0 Å². The van der Waals surface area contributed by atoms with Crippen LogP contribution in [0.4, 0.5) is 0 Å². The summed E-state index contributed by atoms with van der Waals surface area (Å²) in [6, 6.07) is 1.67. The zero-order chi connectivity index (χ0) is 12.4. The summed E-state index contributed by atoms with van der Waals surface area (Å²) >= 11 is 0. The SMILES string of the molecule is OC1CCC(N2CCN(C3CCCC3)CC2)CC1. The lowest BCUT2D eigenvalue weighted by atomic mass is 9.91. The molecule has 1 N–H and O–H groups in total. The minimum Gasteiger partial charge on any atom is -0.393 e. The summed E-state index contributed by atoms with van der Waals surface area (Å²) in [7, 11) is 0. The van der Waals surface area contributed by atoms with E-state index < -0.39 is 0 Å². The van der Waals surface area contributed by atoms with Gasteiger partial charge in [-0.05, 0) is 38.5 Å². The zero-order valence-electron chi connectivity index (χ0n) is 11.6. The molecule has 0 spiro atoms. The van der Waals surface area contributed by atoms with Gasteiger partial charge in [-0.25, -0.2) is 0 Å². The van der Waals surface area contributed by atoms with E-state index in [1.54, 1.807) is 0 Å². The van der Waals surface area contributed by atoms with Crippen molar-refractivity contribution in [3.8, 4) is 0 Å². The Balaban J connectivity index is 1.44. The Morgan fingerprint density at radius 2 is 1.06 bits per heavy atom. The Bertz CT molecular complexity index is 249. The Hall–Kier alpha value is -0.120. The summed E-state index contributed by atoms with van der Waals surface area (Å²) < 4.78 is 0. The predicted molar refractivity (Wildman–Crippen MR) is 73.7 cm³/mol. The third-order valence-electron chi connectivity index (χ3n) is 5.37. The number of piperazine rings is 1. The molecular formula is C15H28N2O. The van der Waals surface area contributed by atoms with E-state index in [1.807, 2.05) is 0 Å². The molecule has 1 saturated heterocycles. The molecule has 3 fully saturated rings. The van der Waals surface area contributed by atoms with Gasteiger partial charge >= 0.3 is 0 Å². The summed E-state index contributed by atoms with van der Waals surface area (Å²) in [6.07, 6.45) is 10.2. The van der Waals surface area contributed by atoms with Crippen LogP contribution in [0.15, 0.2) is 0 Å². The Morgan fingerprint density at radius 1 is 0.611 bits per heavy atom. The average molecular weight is 252 g/mol. The van der Waals surface area contributed by atoms with Gasteiger partial charge in [0.2, 0.25) is 0 Å². The first kappa shape index (κ1) is 12.9. The molecule has 0 bridgehead atoms. The number of aliphatic hydroxyl groups is 1. The molecule has 0 aromatic heterocycles. The molecule has 0 radical (unpaired) electrons. The molecule has 0 aromatic rings. The van der Waals surface area contributed by atoms with Crippen LogP contribution in [0.5, 0.6) is 0 Å². The molecule has 2 aliphatic carbocycles. The van der Waals surface area contributed by atoms with Gasteiger partial charge in [0.25, 0.3) is 0 Å². The first-order chi connectivity index (χ1) is 8.83. The highest BCUT2D eigenvalue weighted by molar-refractivity contribution is 4.86. The van der Waals surface area contributed by atoms with E-state index in [4.69, 9.17) is 0 Å². The van der Waals surface area contributed by atoms with E-state index in [0.717, 1.165) is 24.9 Å². The summed E-state index contributed by atoms with van der Waals surface area (Å²) in [5.74, 6) is 0. The van der Waals surface area contributed by atoms with Crippen molar-refractivity contribution in [3.05, 3.63) is 0 Å². The lowest BCUT2D eigenvalue weighted by Crippen LogP contribution is -2.53. The topological polar surface area (TPSA) is 26.7 Å². The van der Waals surface area contributed by atoms with Gasteiger partial charge in [0.15, 0.2) is 0 Å². The van der Waals surface area contributed by atoms with Crippen molar-refractivity contribution in [2.24, 2.45) is 0 Å².